The van der Waals surface area contributed by atoms with Crippen LogP contribution in [0.25, 0.3) is 0 Å². The number of rotatable bonds is 3. The van der Waals surface area contributed by atoms with Crippen molar-refractivity contribution in [3.05, 3.63) is 18.2 Å². The van der Waals surface area contributed by atoms with Crippen LogP contribution >= 0.6 is 0 Å². The van der Waals surface area contributed by atoms with Crippen LogP contribution in [0.3, 0.4) is 0 Å². The van der Waals surface area contributed by atoms with Crippen molar-refractivity contribution in [2.45, 2.75) is 12.5 Å². The average molecular weight is 250 g/mol. The molecule has 0 radical (unpaired) electrons. The van der Waals surface area contributed by atoms with Crippen LogP contribution in [0.1, 0.15) is 6.42 Å². The minimum Gasteiger partial charge on any atom is -0.454 e. The van der Waals surface area contributed by atoms with Gasteiger partial charge >= 0.3 is 6.09 Å². The Morgan fingerprint density at radius 1 is 1.33 bits per heavy atom. The van der Waals surface area contributed by atoms with E-state index in [0.717, 1.165) is 5.69 Å². The number of carbonyl (C=O) groups is 1. The molecule has 1 aromatic carbocycles. The third-order valence-electron chi connectivity index (χ3n) is 3.03. The number of nitrogens with two attached hydrogens (primary N) is 1. The van der Waals surface area contributed by atoms with Gasteiger partial charge in [0.05, 0.1) is 12.2 Å². The molecule has 6 nitrogen and oxygen atoms in total. The first-order chi connectivity index (χ1) is 8.78. The lowest BCUT2D eigenvalue weighted by Gasteiger charge is -2.13. The summed E-state index contributed by atoms with van der Waals surface area (Å²) in [6, 6.07) is 5.40. The molecule has 1 aromatic rings. The first kappa shape index (κ1) is 11.2. The number of hydrogen-bond donors (Lipinski definition) is 1. The van der Waals surface area contributed by atoms with Gasteiger partial charge in [0.25, 0.3) is 0 Å². The molecule has 0 aliphatic carbocycles. The highest BCUT2D eigenvalue weighted by Gasteiger charge is 2.32. The number of anilines is 1. The van der Waals surface area contributed by atoms with Gasteiger partial charge in [0.15, 0.2) is 11.5 Å². The van der Waals surface area contributed by atoms with Gasteiger partial charge in [-0.25, -0.2) is 4.79 Å². The van der Waals surface area contributed by atoms with Gasteiger partial charge < -0.3 is 19.9 Å². The SMILES string of the molecule is NCCC1CN(c2ccc3c(c2)OCO3)C(=O)O1. The Kier molecular flexibility index (Phi) is 2.71. The summed E-state index contributed by atoms with van der Waals surface area (Å²) in [5.74, 6) is 1.35. The van der Waals surface area contributed by atoms with E-state index in [4.69, 9.17) is 19.9 Å². The number of carbonyl (C=O) groups excluding carboxylic acids is 1. The van der Waals surface area contributed by atoms with Crippen molar-refractivity contribution < 1.29 is 19.0 Å². The van der Waals surface area contributed by atoms with Crippen LogP contribution in [-0.4, -0.2) is 32.1 Å². The summed E-state index contributed by atoms with van der Waals surface area (Å²) < 4.78 is 15.7. The topological polar surface area (TPSA) is 74.0 Å². The second-order valence-corrected chi connectivity index (χ2v) is 4.23. The predicted octanol–water partition coefficient (Wildman–Crippen LogP) is 1.09. The van der Waals surface area contributed by atoms with Crippen LogP contribution < -0.4 is 20.1 Å². The van der Waals surface area contributed by atoms with Gasteiger partial charge in [0.2, 0.25) is 6.79 Å². The molecule has 2 heterocycles. The van der Waals surface area contributed by atoms with Crippen LogP contribution in [0.2, 0.25) is 0 Å². The molecule has 6 heteroatoms. The van der Waals surface area contributed by atoms with E-state index in [1.807, 2.05) is 6.07 Å². The van der Waals surface area contributed by atoms with E-state index in [0.29, 0.717) is 31.0 Å². The van der Waals surface area contributed by atoms with Gasteiger partial charge in [-0.3, -0.25) is 4.90 Å². The van der Waals surface area contributed by atoms with Crippen molar-refractivity contribution in [1.29, 1.82) is 0 Å². The Morgan fingerprint density at radius 2 is 2.17 bits per heavy atom. The van der Waals surface area contributed by atoms with E-state index in [1.165, 1.54) is 0 Å². The number of cyclic esters (lactones) is 1. The van der Waals surface area contributed by atoms with Gasteiger partial charge in [-0.05, 0) is 25.1 Å². The fourth-order valence-corrected chi connectivity index (χ4v) is 2.12. The number of ether oxygens (including phenoxy) is 3. The third-order valence-corrected chi connectivity index (χ3v) is 3.03. The molecule has 0 saturated carbocycles. The summed E-state index contributed by atoms with van der Waals surface area (Å²) in [5, 5.41) is 0. The highest BCUT2D eigenvalue weighted by molar-refractivity contribution is 5.90. The maximum Gasteiger partial charge on any atom is 0.414 e. The normalized spacial score (nSPS) is 21.3. The van der Waals surface area contributed by atoms with E-state index >= 15 is 0 Å². The molecule has 1 amide bonds. The van der Waals surface area contributed by atoms with Crippen molar-refractivity contribution in [2.24, 2.45) is 5.73 Å². The number of fused-ring (bicyclic) bond motifs is 1. The van der Waals surface area contributed by atoms with Gasteiger partial charge in [0, 0.05) is 6.07 Å². The minimum atomic E-state index is -0.340. The standard InChI is InChI=1S/C12H14N2O4/c13-4-3-9-6-14(12(15)18-9)8-1-2-10-11(5-8)17-7-16-10/h1-2,5,9H,3-4,6-7,13H2. The highest BCUT2D eigenvalue weighted by atomic mass is 16.7. The van der Waals surface area contributed by atoms with E-state index in [-0.39, 0.29) is 19.0 Å². The molecule has 2 aliphatic heterocycles. The molecule has 2 aliphatic rings. The Morgan fingerprint density at radius 3 is 3.00 bits per heavy atom. The average Bonchev–Trinajstić information content (AvgIpc) is 2.95. The molecule has 18 heavy (non-hydrogen) atoms. The molecule has 3 rings (SSSR count). The zero-order valence-electron chi connectivity index (χ0n) is 9.80. The zero-order valence-corrected chi connectivity index (χ0v) is 9.80. The van der Waals surface area contributed by atoms with Crippen LogP contribution in [0.15, 0.2) is 18.2 Å². The Balaban J connectivity index is 1.80. The summed E-state index contributed by atoms with van der Waals surface area (Å²) in [7, 11) is 0. The third kappa shape index (κ3) is 1.84. The number of amides is 1. The van der Waals surface area contributed by atoms with Crippen molar-refractivity contribution in [3.8, 4) is 11.5 Å². The van der Waals surface area contributed by atoms with E-state index in [2.05, 4.69) is 0 Å². The lowest BCUT2D eigenvalue weighted by molar-refractivity contribution is 0.138. The molecule has 1 fully saturated rings. The van der Waals surface area contributed by atoms with E-state index < -0.39 is 0 Å². The maximum absolute atomic E-state index is 11.8. The van der Waals surface area contributed by atoms with Crippen LogP contribution in [0.5, 0.6) is 11.5 Å². The first-order valence-electron chi connectivity index (χ1n) is 5.86. The largest absolute Gasteiger partial charge is 0.454 e. The number of hydrogen-bond acceptors (Lipinski definition) is 5. The van der Waals surface area contributed by atoms with Crippen molar-refractivity contribution in [2.75, 3.05) is 24.8 Å². The van der Waals surface area contributed by atoms with E-state index in [9.17, 15) is 4.79 Å². The molecule has 0 bridgehead atoms. The molecule has 2 N–H and O–H groups in total. The molecule has 0 spiro atoms. The van der Waals surface area contributed by atoms with Gasteiger partial charge in [0.1, 0.15) is 6.10 Å². The Hall–Kier alpha value is -1.95. The van der Waals surface area contributed by atoms with Crippen LogP contribution in [0, 0.1) is 0 Å². The minimum absolute atomic E-state index is 0.132. The predicted molar refractivity (Wildman–Crippen MR) is 63.9 cm³/mol. The Bertz CT molecular complexity index is 477. The summed E-state index contributed by atoms with van der Waals surface area (Å²) in [5.41, 5.74) is 6.22. The first-order valence-corrected chi connectivity index (χ1v) is 5.86. The summed E-state index contributed by atoms with van der Waals surface area (Å²) in [6.07, 6.45) is 0.201. The molecule has 1 unspecified atom stereocenters. The maximum atomic E-state index is 11.8. The quantitative estimate of drug-likeness (QED) is 0.869. The molecular formula is C12H14N2O4. The summed E-state index contributed by atoms with van der Waals surface area (Å²) in [4.78, 5) is 13.3. The molecule has 96 valence electrons. The smallest absolute Gasteiger partial charge is 0.414 e. The molecular weight excluding hydrogens is 236 g/mol. The highest BCUT2D eigenvalue weighted by Crippen LogP contribution is 2.36. The fourth-order valence-electron chi connectivity index (χ4n) is 2.12. The fraction of sp³-hybridized carbons (Fsp3) is 0.417. The van der Waals surface area contributed by atoms with E-state index in [1.54, 1.807) is 17.0 Å². The van der Waals surface area contributed by atoms with Crippen molar-refractivity contribution in [3.63, 3.8) is 0 Å². The zero-order chi connectivity index (χ0) is 12.5. The number of benzene rings is 1. The summed E-state index contributed by atoms with van der Waals surface area (Å²) in [6.45, 7) is 1.25. The second-order valence-electron chi connectivity index (χ2n) is 4.23. The van der Waals surface area contributed by atoms with Gasteiger partial charge in [-0.15, -0.1) is 0 Å². The van der Waals surface area contributed by atoms with Crippen molar-refractivity contribution >= 4 is 11.8 Å². The van der Waals surface area contributed by atoms with Gasteiger partial charge in [-0.1, -0.05) is 0 Å². The van der Waals surface area contributed by atoms with Crippen LogP contribution in [0.4, 0.5) is 10.5 Å². The molecule has 1 saturated heterocycles. The Labute approximate surface area is 104 Å². The monoisotopic (exact) mass is 250 g/mol. The summed E-state index contributed by atoms with van der Waals surface area (Å²) >= 11 is 0. The lowest BCUT2D eigenvalue weighted by atomic mass is 10.2. The lowest BCUT2D eigenvalue weighted by Crippen LogP contribution is -2.25. The van der Waals surface area contributed by atoms with Crippen molar-refractivity contribution in [1.82, 2.24) is 0 Å². The second kappa shape index (κ2) is 4.38. The number of nitrogens with zero attached hydrogens (tertiary/aromatic N) is 1. The molecule has 1 atom stereocenters. The molecule has 0 aromatic heterocycles. The van der Waals surface area contributed by atoms with Crippen LogP contribution in [-0.2, 0) is 4.74 Å². The van der Waals surface area contributed by atoms with Gasteiger partial charge in [-0.2, -0.15) is 0 Å².